The molecule has 1 rings (SSSR count). The normalized spacial score (nSPS) is 12.1. The molecule has 0 saturated heterocycles. The smallest absolute Gasteiger partial charge is 0.242 e. The van der Waals surface area contributed by atoms with E-state index in [9.17, 15) is 8.42 Å². The van der Waals surface area contributed by atoms with E-state index in [1.54, 1.807) is 26.0 Å². The molecule has 4 nitrogen and oxygen atoms in total. The average molecular weight is 358 g/mol. The molecule has 0 unspecified atom stereocenters. The molecule has 0 atom stereocenters. The average Bonchev–Trinajstić information content (AvgIpc) is 2.20. The zero-order chi connectivity index (χ0) is 13.3. The van der Waals surface area contributed by atoms with E-state index < -0.39 is 15.6 Å². The van der Waals surface area contributed by atoms with Crippen LogP contribution < -0.4 is 10.5 Å². The molecule has 0 fully saturated rings. The van der Waals surface area contributed by atoms with Crippen LogP contribution in [0.15, 0.2) is 27.6 Å². The van der Waals surface area contributed by atoms with E-state index in [4.69, 9.17) is 5.73 Å². The maximum absolute atomic E-state index is 12.2. The molecular weight excluding hydrogens is 340 g/mol. The van der Waals surface area contributed by atoms with Gasteiger partial charge in [0.2, 0.25) is 10.0 Å². The largest absolute Gasteiger partial charge is 0.329 e. The number of halogens is 2. The molecule has 18 heavy (non-hydrogen) atoms. The predicted octanol–water partition coefficient (Wildman–Crippen LogP) is 2.19. The monoisotopic (exact) mass is 356 g/mol. The molecule has 7 heteroatoms. The summed E-state index contributed by atoms with van der Waals surface area (Å²) >= 11 is 3.25. The molecule has 0 radical (unpaired) electrons. The van der Waals surface area contributed by atoms with Crippen molar-refractivity contribution in [1.82, 2.24) is 4.72 Å². The lowest BCUT2D eigenvalue weighted by Gasteiger charge is -2.24. The van der Waals surface area contributed by atoms with Crippen LogP contribution in [0.1, 0.15) is 19.4 Å². The Morgan fingerprint density at radius 3 is 2.44 bits per heavy atom. The lowest BCUT2D eigenvalue weighted by atomic mass is 10.1. The molecule has 0 aliphatic heterocycles. The number of hydrogen-bond donors (Lipinski definition) is 2. The summed E-state index contributed by atoms with van der Waals surface area (Å²) in [4.78, 5) is 0.235. The molecule has 1 aromatic rings. The van der Waals surface area contributed by atoms with Gasteiger partial charge < -0.3 is 5.73 Å². The summed E-state index contributed by atoms with van der Waals surface area (Å²) < 4.78 is 27.5. The van der Waals surface area contributed by atoms with Crippen LogP contribution in [0.2, 0.25) is 0 Å². The maximum Gasteiger partial charge on any atom is 0.242 e. The lowest BCUT2D eigenvalue weighted by Crippen LogP contribution is -2.48. The molecule has 0 aliphatic carbocycles. The van der Waals surface area contributed by atoms with Gasteiger partial charge in [-0.15, -0.1) is 12.4 Å². The molecule has 1 aromatic carbocycles. The third-order valence-corrected chi connectivity index (χ3v) is 4.99. The van der Waals surface area contributed by atoms with Gasteiger partial charge in [-0.05, 0) is 54.4 Å². The first kappa shape index (κ1) is 17.9. The summed E-state index contributed by atoms with van der Waals surface area (Å²) in [5.41, 5.74) is 5.74. The molecule has 104 valence electrons. The summed E-state index contributed by atoms with van der Waals surface area (Å²) in [6.45, 7) is 5.57. The third kappa shape index (κ3) is 4.51. The Morgan fingerprint density at radius 2 is 1.94 bits per heavy atom. The number of hydrogen-bond acceptors (Lipinski definition) is 3. The molecular formula is C11H18BrClN2O2S. The zero-order valence-electron chi connectivity index (χ0n) is 10.5. The van der Waals surface area contributed by atoms with Crippen molar-refractivity contribution in [3.63, 3.8) is 0 Å². The summed E-state index contributed by atoms with van der Waals surface area (Å²) in [6, 6.07) is 5.19. The van der Waals surface area contributed by atoms with Crippen molar-refractivity contribution in [3.05, 3.63) is 28.2 Å². The van der Waals surface area contributed by atoms with Crippen LogP contribution in [0.4, 0.5) is 0 Å². The van der Waals surface area contributed by atoms with Crippen LogP contribution in [0, 0.1) is 6.92 Å². The van der Waals surface area contributed by atoms with Crippen molar-refractivity contribution in [1.29, 1.82) is 0 Å². The SMILES string of the molecule is Cc1ccc(Br)c(S(=O)(=O)NC(C)(C)CN)c1.Cl. The van der Waals surface area contributed by atoms with Crippen molar-refractivity contribution in [3.8, 4) is 0 Å². The van der Waals surface area contributed by atoms with Gasteiger partial charge in [0.25, 0.3) is 0 Å². The molecule has 0 aromatic heterocycles. The maximum atomic E-state index is 12.2. The van der Waals surface area contributed by atoms with Gasteiger partial charge >= 0.3 is 0 Å². The van der Waals surface area contributed by atoms with Gasteiger partial charge in [-0.2, -0.15) is 0 Å². The quantitative estimate of drug-likeness (QED) is 0.867. The number of aryl methyl sites for hydroxylation is 1. The van der Waals surface area contributed by atoms with Crippen LogP contribution in [-0.4, -0.2) is 20.5 Å². The van der Waals surface area contributed by atoms with Crippen LogP contribution >= 0.6 is 28.3 Å². The Labute approximate surface area is 123 Å². The summed E-state index contributed by atoms with van der Waals surface area (Å²) in [5, 5.41) is 0. The summed E-state index contributed by atoms with van der Waals surface area (Å²) in [5.74, 6) is 0. The highest BCUT2D eigenvalue weighted by Gasteiger charge is 2.26. The number of rotatable bonds is 4. The van der Waals surface area contributed by atoms with Crippen molar-refractivity contribution in [2.24, 2.45) is 5.73 Å². The van der Waals surface area contributed by atoms with E-state index in [0.717, 1.165) is 5.56 Å². The highest BCUT2D eigenvalue weighted by atomic mass is 79.9. The minimum atomic E-state index is -3.56. The predicted molar refractivity (Wildman–Crippen MR) is 79.6 cm³/mol. The molecule has 0 spiro atoms. The fourth-order valence-electron chi connectivity index (χ4n) is 1.28. The van der Waals surface area contributed by atoms with Gasteiger partial charge in [0.05, 0.1) is 4.90 Å². The van der Waals surface area contributed by atoms with E-state index in [2.05, 4.69) is 20.7 Å². The van der Waals surface area contributed by atoms with Gasteiger partial charge in [0.15, 0.2) is 0 Å². The summed E-state index contributed by atoms with van der Waals surface area (Å²) in [7, 11) is -3.56. The van der Waals surface area contributed by atoms with E-state index in [1.807, 2.05) is 13.0 Å². The van der Waals surface area contributed by atoms with Crippen LogP contribution in [0.25, 0.3) is 0 Å². The second-order valence-corrected chi connectivity index (χ2v) is 7.13. The van der Waals surface area contributed by atoms with Crippen LogP contribution in [0.5, 0.6) is 0 Å². The molecule has 0 saturated carbocycles. The first-order valence-corrected chi connectivity index (χ1v) is 7.46. The molecule has 0 aliphatic rings. The molecule has 0 bridgehead atoms. The second-order valence-electron chi connectivity index (χ2n) is 4.63. The molecule has 0 heterocycles. The second kappa shape index (κ2) is 6.34. The number of sulfonamides is 1. The first-order valence-electron chi connectivity index (χ1n) is 5.18. The first-order chi connectivity index (χ1) is 7.68. The number of nitrogens with two attached hydrogens (primary N) is 1. The zero-order valence-corrected chi connectivity index (χ0v) is 13.7. The minimum Gasteiger partial charge on any atom is -0.329 e. The van der Waals surface area contributed by atoms with E-state index >= 15 is 0 Å². The van der Waals surface area contributed by atoms with E-state index in [-0.39, 0.29) is 23.8 Å². The van der Waals surface area contributed by atoms with Gasteiger partial charge in [-0.1, -0.05) is 6.07 Å². The van der Waals surface area contributed by atoms with Gasteiger partial charge in [0, 0.05) is 16.6 Å². The Morgan fingerprint density at radius 1 is 1.39 bits per heavy atom. The topological polar surface area (TPSA) is 72.2 Å². The Bertz CT molecular complexity index is 518. The number of nitrogens with one attached hydrogen (secondary N) is 1. The third-order valence-electron chi connectivity index (χ3n) is 2.30. The Kier molecular flexibility index (Phi) is 6.29. The van der Waals surface area contributed by atoms with Gasteiger partial charge in [0.1, 0.15) is 0 Å². The summed E-state index contributed by atoms with van der Waals surface area (Å²) in [6.07, 6.45) is 0. The molecule has 0 amide bonds. The van der Waals surface area contributed by atoms with Crippen molar-refractivity contribution in [2.45, 2.75) is 31.2 Å². The lowest BCUT2D eigenvalue weighted by molar-refractivity contribution is 0.462. The van der Waals surface area contributed by atoms with Crippen LogP contribution in [-0.2, 0) is 10.0 Å². The molecule has 3 N–H and O–H groups in total. The Hall–Kier alpha value is -0.140. The fourth-order valence-corrected chi connectivity index (χ4v) is 3.75. The van der Waals surface area contributed by atoms with Gasteiger partial charge in [-0.3, -0.25) is 0 Å². The highest BCUT2D eigenvalue weighted by molar-refractivity contribution is 9.10. The Balaban J connectivity index is 0.00000289. The minimum absolute atomic E-state index is 0. The van der Waals surface area contributed by atoms with E-state index in [1.165, 1.54) is 0 Å². The van der Waals surface area contributed by atoms with Gasteiger partial charge in [-0.25, -0.2) is 13.1 Å². The standard InChI is InChI=1S/C11H17BrN2O2S.ClH/c1-8-4-5-9(12)10(6-8)17(15,16)14-11(2,3)7-13;/h4-6,14H,7,13H2,1-3H3;1H. The number of benzene rings is 1. The highest BCUT2D eigenvalue weighted by Crippen LogP contribution is 2.23. The van der Waals surface area contributed by atoms with E-state index in [0.29, 0.717) is 4.47 Å². The van der Waals surface area contributed by atoms with Crippen molar-refractivity contribution >= 4 is 38.4 Å². The fraction of sp³-hybridized carbons (Fsp3) is 0.455. The van der Waals surface area contributed by atoms with Crippen molar-refractivity contribution in [2.75, 3.05) is 6.54 Å². The van der Waals surface area contributed by atoms with Crippen LogP contribution in [0.3, 0.4) is 0 Å². The van der Waals surface area contributed by atoms with Crippen molar-refractivity contribution < 1.29 is 8.42 Å².